The van der Waals surface area contributed by atoms with Gasteiger partial charge in [0.2, 0.25) is 0 Å². The number of hydrogen-bond acceptors (Lipinski definition) is 2. The van der Waals surface area contributed by atoms with Crippen molar-refractivity contribution in [2.45, 2.75) is 50.5 Å². The minimum Gasteiger partial charge on any atom is -0.389 e. The molecule has 2 nitrogen and oxygen atoms in total. The molecule has 0 aliphatic heterocycles. The van der Waals surface area contributed by atoms with Gasteiger partial charge >= 0.3 is 0 Å². The smallest absolute Gasteiger partial charge is 0.141 e. The molecule has 0 unspecified atom stereocenters. The van der Waals surface area contributed by atoms with Crippen LogP contribution >= 0.6 is 0 Å². The van der Waals surface area contributed by atoms with Crippen molar-refractivity contribution in [1.29, 1.82) is 0 Å². The molecule has 0 spiro atoms. The van der Waals surface area contributed by atoms with Gasteiger partial charge in [-0.3, -0.25) is 4.79 Å². The Labute approximate surface area is 84.7 Å². The van der Waals surface area contributed by atoms with Gasteiger partial charge in [0, 0.05) is 11.8 Å². The van der Waals surface area contributed by atoms with Crippen LogP contribution in [0.2, 0.25) is 0 Å². The van der Waals surface area contributed by atoms with Gasteiger partial charge in [0.05, 0.1) is 5.60 Å². The van der Waals surface area contributed by atoms with Gasteiger partial charge in [-0.2, -0.15) is 0 Å². The number of rotatable bonds is 0. The van der Waals surface area contributed by atoms with Crippen LogP contribution in [0.3, 0.4) is 0 Å². The predicted octanol–water partition coefficient (Wildman–Crippen LogP) is 1.91. The van der Waals surface area contributed by atoms with Gasteiger partial charge in [0.1, 0.15) is 5.78 Å². The Morgan fingerprint density at radius 3 is 2.93 bits per heavy atom. The van der Waals surface area contributed by atoms with Crippen molar-refractivity contribution in [3.8, 4) is 0 Å². The van der Waals surface area contributed by atoms with E-state index < -0.39 is 5.60 Å². The zero-order valence-corrected chi connectivity index (χ0v) is 8.54. The Morgan fingerprint density at radius 2 is 2.07 bits per heavy atom. The monoisotopic (exact) mass is 194 g/mol. The van der Waals surface area contributed by atoms with Crippen molar-refractivity contribution in [2.75, 3.05) is 0 Å². The van der Waals surface area contributed by atoms with E-state index in [1.54, 1.807) is 0 Å². The third kappa shape index (κ3) is 0.979. The average Bonchev–Trinajstić information content (AvgIpc) is 2.46. The van der Waals surface area contributed by atoms with E-state index in [2.05, 4.69) is 0 Å². The summed E-state index contributed by atoms with van der Waals surface area (Å²) in [4.78, 5) is 11.9. The highest BCUT2D eigenvalue weighted by atomic mass is 16.3. The molecule has 1 N–H and O–H groups in total. The number of carbonyl (C=O) groups is 1. The molecular formula is C12H18O2. The lowest BCUT2D eigenvalue weighted by Crippen LogP contribution is -2.53. The molecule has 0 heterocycles. The molecular weight excluding hydrogens is 176 g/mol. The fourth-order valence-electron chi connectivity index (χ4n) is 4.04. The molecule has 0 aromatic carbocycles. The third-order valence-electron chi connectivity index (χ3n) is 4.81. The first kappa shape index (κ1) is 8.90. The summed E-state index contributed by atoms with van der Waals surface area (Å²) in [7, 11) is 0. The molecule has 3 rings (SSSR count). The molecule has 0 radical (unpaired) electrons. The first-order valence-corrected chi connectivity index (χ1v) is 5.98. The van der Waals surface area contributed by atoms with Crippen LogP contribution < -0.4 is 0 Å². The third-order valence-corrected chi connectivity index (χ3v) is 4.81. The van der Waals surface area contributed by atoms with Crippen LogP contribution in [0.5, 0.6) is 0 Å². The summed E-state index contributed by atoms with van der Waals surface area (Å²) < 4.78 is 0. The standard InChI is InChI=1S/C12H18O2/c13-11-8-4-5-10(11)12(14)6-2-1-3-9(12)7-8/h8-10,14H,1-7H2/t8-,9+,10-,12-/m0/s1. The fourth-order valence-corrected chi connectivity index (χ4v) is 4.04. The number of Topliss-reactive ketones (excluding diaryl/α,β-unsaturated/α-hetero) is 1. The predicted molar refractivity (Wildman–Crippen MR) is 52.7 cm³/mol. The minimum absolute atomic E-state index is 0.00606. The van der Waals surface area contributed by atoms with E-state index in [1.807, 2.05) is 0 Å². The molecule has 0 amide bonds. The van der Waals surface area contributed by atoms with Crippen LogP contribution in [0.4, 0.5) is 0 Å². The molecule has 3 saturated carbocycles. The van der Waals surface area contributed by atoms with E-state index in [0.717, 1.165) is 38.5 Å². The van der Waals surface area contributed by atoms with Gasteiger partial charge in [-0.05, 0) is 38.0 Å². The second kappa shape index (κ2) is 2.82. The molecule has 3 aliphatic rings. The summed E-state index contributed by atoms with van der Waals surface area (Å²) in [5.74, 6) is 1.13. The highest BCUT2D eigenvalue weighted by Crippen LogP contribution is 2.53. The lowest BCUT2D eigenvalue weighted by molar-refractivity contribution is -0.152. The molecule has 2 bridgehead atoms. The van der Waals surface area contributed by atoms with E-state index >= 15 is 0 Å². The van der Waals surface area contributed by atoms with E-state index in [9.17, 15) is 9.90 Å². The number of fused-ring (bicyclic) bond motifs is 4. The average molecular weight is 194 g/mol. The molecule has 78 valence electrons. The van der Waals surface area contributed by atoms with Crippen molar-refractivity contribution in [2.24, 2.45) is 17.8 Å². The normalized spacial score (nSPS) is 51.8. The van der Waals surface area contributed by atoms with Crippen molar-refractivity contribution >= 4 is 5.78 Å². The van der Waals surface area contributed by atoms with Gasteiger partial charge in [-0.25, -0.2) is 0 Å². The van der Waals surface area contributed by atoms with E-state index in [4.69, 9.17) is 0 Å². The van der Waals surface area contributed by atoms with Gasteiger partial charge in [0.15, 0.2) is 0 Å². The zero-order chi connectivity index (χ0) is 9.76. The number of ketones is 1. The Hall–Kier alpha value is -0.370. The molecule has 0 aromatic rings. The van der Waals surface area contributed by atoms with Crippen LogP contribution in [0.1, 0.15) is 44.9 Å². The van der Waals surface area contributed by atoms with Gasteiger partial charge in [-0.15, -0.1) is 0 Å². The van der Waals surface area contributed by atoms with Gasteiger partial charge in [-0.1, -0.05) is 12.8 Å². The Morgan fingerprint density at radius 1 is 1.21 bits per heavy atom. The molecule has 0 aromatic heterocycles. The van der Waals surface area contributed by atoms with Crippen molar-refractivity contribution in [1.82, 2.24) is 0 Å². The molecule has 2 heteroatoms. The highest BCUT2D eigenvalue weighted by Gasteiger charge is 2.56. The van der Waals surface area contributed by atoms with E-state index in [0.29, 0.717) is 17.6 Å². The summed E-state index contributed by atoms with van der Waals surface area (Å²) in [5.41, 5.74) is -0.595. The Bertz CT molecular complexity index is 273. The van der Waals surface area contributed by atoms with Crippen molar-refractivity contribution in [3.05, 3.63) is 0 Å². The summed E-state index contributed by atoms with van der Waals surface area (Å²) in [6.07, 6.45) is 7.37. The van der Waals surface area contributed by atoms with Crippen molar-refractivity contribution < 1.29 is 9.90 Å². The van der Waals surface area contributed by atoms with Crippen molar-refractivity contribution in [3.63, 3.8) is 0 Å². The number of carbonyl (C=O) groups excluding carboxylic acids is 1. The second-order valence-electron chi connectivity index (χ2n) is 5.40. The highest BCUT2D eigenvalue weighted by molar-refractivity contribution is 5.87. The summed E-state index contributed by atoms with van der Waals surface area (Å²) >= 11 is 0. The molecule has 3 aliphatic carbocycles. The quantitative estimate of drug-likeness (QED) is 0.639. The van der Waals surface area contributed by atoms with E-state index in [-0.39, 0.29) is 5.92 Å². The second-order valence-corrected chi connectivity index (χ2v) is 5.40. The maximum Gasteiger partial charge on any atom is 0.141 e. The molecule has 4 atom stereocenters. The lowest BCUT2D eigenvalue weighted by Gasteiger charge is -2.46. The van der Waals surface area contributed by atoms with E-state index in [1.165, 1.54) is 6.42 Å². The Balaban J connectivity index is 1.96. The maximum absolute atomic E-state index is 11.9. The Kier molecular flexibility index (Phi) is 1.79. The fraction of sp³-hybridized carbons (Fsp3) is 0.917. The van der Waals surface area contributed by atoms with Gasteiger partial charge in [0.25, 0.3) is 0 Å². The first-order chi connectivity index (χ1) is 6.72. The zero-order valence-electron chi connectivity index (χ0n) is 8.54. The summed E-state index contributed by atoms with van der Waals surface area (Å²) in [5, 5.41) is 10.6. The van der Waals surface area contributed by atoms with Crippen LogP contribution in [0.25, 0.3) is 0 Å². The lowest BCUT2D eigenvalue weighted by atomic mass is 9.62. The minimum atomic E-state index is -0.595. The largest absolute Gasteiger partial charge is 0.389 e. The van der Waals surface area contributed by atoms with Crippen LogP contribution in [-0.2, 0) is 4.79 Å². The van der Waals surface area contributed by atoms with Crippen LogP contribution in [0.15, 0.2) is 0 Å². The topological polar surface area (TPSA) is 37.3 Å². The first-order valence-electron chi connectivity index (χ1n) is 5.98. The summed E-state index contributed by atoms with van der Waals surface area (Å²) in [6, 6.07) is 0. The molecule has 0 saturated heterocycles. The summed E-state index contributed by atoms with van der Waals surface area (Å²) in [6.45, 7) is 0. The number of aliphatic hydroxyl groups is 1. The van der Waals surface area contributed by atoms with Crippen LogP contribution in [0, 0.1) is 17.8 Å². The SMILES string of the molecule is O=C1[C@H]2CC[C@@H]1[C@]1(O)CCCC[C@@H]1C2. The van der Waals surface area contributed by atoms with Gasteiger partial charge < -0.3 is 5.11 Å². The number of hydrogen-bond donors (Lipinski definition) is 1. The molecule has 14 heavy (non-hydrogen) atoms. The molecule has 3 fully saturated rings. The van der Waals surface area contributed by atoms with Crippen LogP contribution in [-0.4, -0.2) is 16.5 Å². The maximum atomic E-state index is 11.9.